The lowest BCUT2D eigenvalue weighted by Gasteiger charge is -2.35. The molecule has 1 aliphatic carbocycles. The zero-order valence-electron chi connectivity index (χ0n) is 25.7. The number of rotatable bonds is 8. The molecule has 3 amide bonds. The Kier molecular flexibility index (Phi) is 8.87. The number of amides is 3. The van der Waals surface area contributed by atoms with Crippen LogP contribution in [0.5, 0.6) is 0 Å². The minimum Gasteiger partial charge on any atom is -0.391 e. The number of β-amino-alcohol motifs (C(OH)–C–C–N with tert-alkyl or cyclic N) is 1. The van der Waals surface area contributed by atoms with E-state index in [1.165, 1.54) is 4.90 Å². The van der Waals surface area contributed by atoms with E-state index in [9.17, 15) is 19.5 Å². The largest absolute Gasteiger partial charge is 0.391 e. The maximum atomic E-state index is 13.8. The number of aliphatic hydroxyl groups excluding tert-OH is 1. The lowest BCUT2D eigenvalue weighted by molar-refractivity contribution is -0.144. The van der Waals surface area contributed by atoms with E-state index in [4.69, 9.17) is 6.57 Å². The van der Waals surface area contributed by atoms with Crippen LogP contribution in [0.2, 0.25) is 0 Å². The molecule has 42 heavy (non-hydrogen) atoms. The van der Waals surface area contributed by atoms with Gasteiger partial charge >= 0.3 is 11.4 Å². The summed E-state index contributed by atoms with van der Waals surface area (Å²) in [5.41, 5.74) is 4.32. The average molecular weight is 594 g/mol. The number of thiazole rings is 1. The van der Waals surface area contributed by atoms with Crippen molar-refractivity contribution >= 4 is 29.1 Å². The van der Waals surface area contributed by atoms with Crippen LogP contribution in [0.25, 0.3) is 15.3 Å². The average Bonchev–Trinajstić information content (AvgIpc) is 3.43. The number of aryl methyl sites for hydroxylation is 1. The first-order valence-corrected chi connectivity index (χ1v) is 15.4. The van der Waals surface area contributed by atoms with Crippen LogP contribution in [-0.4, -0.2) is 63.0 Å². The van der Waals surface area contributed by atoms with Crippen LogP contribution in [0.1, 0.15) is 77.6 Å². The van der Waals surface area contributed by atoms with Gasteiger partial charge in [0.1, 0.15) is 12.1 Å². The number of hydrogen-bond acceptors (Lipinski definition) is 6. The van der Waals surface area contributed by atoms with E-state index in [-0.39, 0.29) is 30.8 Å². The molecule has 10 heteroatoms. The molecule has 1 saturated heterocycles. The second-order valence-electron chi connectivity index (χ2n) is 14.0. The summed E-state index contributed by atoms with van der Waals surface area (Å²) >= 11 is 1.60. The molecule has 2 heterocycles. The topological polar surface area (TPSA) is 116 Å². The van der Waals surface area contributed by atoms with Gasteiger partial charge in [-0.2, -0.15) is 0 Å². The molecule has 3 atom stereocenters. The van der Waals surface area contributed by atoms with Crippen molar-refractivity contribution in [3.8, 4) is 10.4 Å². The monoisotopic (exact) mass is 593 g/mol. The van der Waals surface area contributed by atoms with Crippen LogP contribution in [0.4, 0.5) is 0 Å². The maximum Gasteiger partial charge on any atom is 0.309 e. The van der Waals surface area contributed by atoms with Crippen LogP contribution in [-0.2, 0) is 27.3 Å². The SMILES string of the molecule is [C-]#[N+]C1(C(=O)N[C@H](C(=O)N2C[C@H](O)C[C@H]2C(=O)NCc2ccc(-c3scnc3C)cc2CC(C)(C)C)C(C)(C)C)CC1. The van der Waals surface area contributed by atoms with Crippen molar-refractivity contribution in [1.29, 1.82) is 0 Å². The molecular formula is C32H43N5O4S. The van der Waals surface area contributed by atoms with Crippen molar-refractivity contribution in [1.82, 2.24) is 20.5 Å². The molecule has 2 aliphatic rings. The molecule has 1 saturated carbocycles. The van der Waals surface area contributed by atoms with Crippen molar-refractivity contribution in [2.45, 2.75) is 104 Å². The van der Waals surface area contributed by atoms with E-state index in [1.807, 2.05) is 39.3 Å². The van der Waals surface area contributed by atoms with E-state index in [2.05, 4.69) is 53.4 Å². The van der Waals surface area contributed by atoms with E-state index in [0.29, 0.717) is 12.8 Å². The van der Waals surface area contributed by atoms with Crippen molar-refractivity contribution < 1.29 is 19.5 Å². The minimum atomic E-state index is -1.09. The molecule has 226 valence electrons. The van der Waals surface area contributed by atoms with E-state index < -0.39 is 41.0 Å². The summed E-state index contributed by atoms with van der Waals surface area (Å²) in [6.07, 6.45) is 1.03. The Morgan fingerprint density at radius 1 is 1.19 bits per heavy atom. The molecule has 0 radical (unpaired) electrons. The predicted molar refractivity (Wildman–Crippen MR) is 163 cm³/mol. The van der Waals surface area contributed by atoms with Gasteiger partial charge in [0, 0.05) is 32.4 Å². The minimum absolute atomic E-state index is 0.00546. The van der Waals surface area contributed by atoms with Gasteiger partial charge in [0.15, 0.2) is 0 Å². The first-order valence-electron chi connectivity index (χ1n) is 14.5. The molecule has 9 nitrogen and oxygen atoms in total. The standard InChI is InChI=1S/C32H43N5O4S/c1-19-25(42-18-35-19)20-9-10-21(22(13-20)15-30(2,3)4)16-34-27(39)24-14-23(38)17-37(24)28(40)26(31(5,6)7)36-29(41)32(33-8)11-12-32/h9-10,13,18,23-24,26,38H,11-12,14-17H2,1-7H3,(H,34,39)(H,36,41)/t23-,24+,26-/m1/s1. The van der Waals surface area contributed by atoms with E-state index in [0.717, 1.165) is 33.7 Å². The molecule has 0 spiro atoms. The van der Waals surface area contributed by atoms with Crippen molar-refractivity contribution in [3.63, 3.8) is 0 Å². The smallest absolute Gasteiger partial charge is 0.309 e. The van der Waals surface area contributed by atoms with Crippen LogP contribution < -0.4 is 10.6 Å². The third-order valence-corrected chi connectivity index (χ3v) is 8.98. The van der Waals surface area contributed by atoms with Gasteiger partial charge in [-0.1, -0.05) is 53.7 Å². The number of carbonyl (C=O) groups is 3. The summed E-state index contributed by atoms with van der Waals surface area (Å²) < 4.78 is 0. The Labute approximate surface area is 252 Å². The summed E-state index contributed by atoms with van der Waals surface area (Å²) in [5.74, 6) is -1.22. The van der Waals surface area contributed by atoms with Crippen LogP contribution >= 0.6 is 11.3 Å². The van der Waals surface area contributed by atoms with Crippen molar-refractivity contribution in [2.75, 3.05) is 6.54 Å². The highest BCUT2D eigenvalue weighted by atomic mass is 32.1. The molecule has 0 unspecified atom stereocenters. The normalized spacial score (nSPS) is 20.5. The highest BCUT2D eigenvalue weighted by molar-refractivity contribution is 7.13. The van der Waals surface area contributed by atoms with Crippen LogP contribution in [0.15, 0.2) is 23.7 Å². The van der Waals surface area contributed by atoms with Gasteiger partial charge in [0.05, 0.1) is 22.2 Å². The van der Waals surface area contributed by atoms with Gasteiger partial charge in [-0.05, 0) is 46.9 Å². The first-order chi connectivity index (χ1) is 19.5. The molecular weight excluding hydrogens is 550 g/mol. The van der Waals surface area contributed by atoms with Crippen LogP contribution in [0, 0.1) is 24.3 Å². The summed E-state index contributed by atoms with van der Waals surface area (Å²) in [6.45, 7) is 21.7. The number of nitrogens with zero attached hydrogens (tertiary/aromatic N) is 3. The molecule has 1 aromatic heterocycles. The Hall–Kier alpha value is -3.29. The van der Waals surface area contributed by atoms with Gasteiger partial charge in [0.2, 0.25) is 11.8 Å². The fraction of sp³-hybridized carbons (Fsp3) is 0.594. The van der Waals surface area contributed by atoms with Gasteiger partial charge in [-0.3, -0.25) is 19.2 Å². The molecule has 0 bridgehead atoms. The zero-order chi connectivity index (χ0) is 31.0. The number of aromatic nitrogens is 1. The van der Waals surface area contributed by atoms with Gasteiger partial charge in [0.25, 0.3) is 0 Å². The van der Waals surface area contributed by atoms with Crippen molar-refractivity contribution in [3.05, 3.63) is 51.9 Å². The Morgan fingerprint density at radius 2 is 1.88 bits per heavy atom. The maximum absolute atomic E-state index is 13.8. The van der Waals surface area contributed by atoms with Gasteiger partial charge in [-0.25, -0.2) is 11.6 Å². The summed E-state index contributed by atoms with van der Waals surface area (Å²) in [4.78, 5) is 50.6. The third kappa shape index (κ3) is 7.01. The number of hydrogen-bond donors (Lipinski definition) is 3. The fourth-order valence-electron chi connectivity index (χ4n) is 5.45. The number of carbonyl (C=O) groups excluding carboxylic acids is 3. The molecule has 2 fully saturated rings. The van der Waals surface area contributed by atoms with Gasteiger partial charge < -0.3 is 20.6 Å². The summed E-state index contributed by atoms with van der Waals surface area (Å²) in [5, 5.41) is 16.3. The van der Waals surface area contributed by atoms with E-state index in [1.54, 1.807) is 11.3 Å². The Balaban J connectivity index is 1.52. The Morgan fingerprint density at radius 3 is 2.43 bits per heavy atom. The highest BCUT2D eigenvalue weighted by Crippen LogP contribution is 2.40. The first kappa shape index (κ1) is 31.6. The molecule has 2 aromatic rings. The van der Waals surface area contributed by atoms with E-state index >= 15 is 0 Å². The lowest BCUT2D eigenvalue weighted by atomic mass is 9.85. The van der Waals surface area contributed by atoms with Crippen LogP contribution in [0.3, 0.4) is 0 Å². The Bertz CT molecular complexity index is 1390. The lowest BCUT2D eigenvalue weighted by Crippen LogP contribution is -2.59. The second-order valence-corrected chi connectivity index (χ2v) is 14.9. The van der Waals surface area contributed by atoms with Gasteiger partial charge in [-0.15, -0.1) is 11.3 Å². The molecule has 4 rings (SSSR count). The highest BCUT2D eigenvalue weighted by Gasteiger charge is 2.59. The van der Waals surface area contributed by atoms with Crippen molar-refractivity contribution in [2.24, 2.45) is 10.8 Å². The number of benzene rings is 1. The number of aliphatic hydroxyl groups is 1. The summed E-state index contributed by atoms with van der Waals surface area (Å²) in [7, 11) is 0. The quantitative estimate of drug-likeness (QED) is 0.396. The molecule has 3 N–H and O–H groups in total. The fourth-order valence-corrected chi connectivity index (χ4v) is 6.25. The second kappa shape index (κ2) is 11.8. The molecule has 1 aliphatic heterocycles. The zero-order valence-corrected chi connectivity index (χ0v) is 26.5. The predicted octanol–water partition coefficient (Wildman–Crippen LogP) is 4.27. The number of nitrogens with one attached hydrogen (secondary N) is 2. The molecule has 1 aromatic carbocycles. The number of likely N-dealkylation sites (tertiary alicyclic amines) is 1. The third-order valence-electron chi connectivity index (χ3n) is 8.00. The summed E-state index contributed by atoms with van der Waals surface area (Å²) in [6, 6.07) is 4.46.